The van der Waals surface area contributed by atoms with Crippen molar-refractivity contribution < 1.29 is 23.9 Å². The van der Waals surface area contributed by atoms with Gasteiger partial charge in [-0.2, -0.15) is 0 Å². The Balaban J connectivity index is 1.45. The van der Waals surface area contributed by atoms with Crippen molar-refractivity contribution in [3.8, 4) is 0 Å². The SMILES string of the molecule is C[C@H](OC(=O)Cc1ccccc1)C(=O)Nc1ccc2c(c1)C(=O)c1ccccc1C2=O. The Hall–Kier alpha value is -4.06. The summed E-state index contributed by atoms with van der Waals surface area (Å²) in [4.78, 5) is 50.0. The molecule has 154 valence electrons. The van der Waals surface area contributed by atoms with Crippen molar-refractivity contribution in [2.45, 2.75) is 19.4 Å². The summed E-state index contributed by atoms with van der Waals surface area (Å²) in [5.74, 6) is -1.55. The lowest BCUT2D eigenvalue weighted by atomic mass is 9.84. The number of ketones is 2. The molecular weight excluding hydrogens is 394 g/mol. The molecule has 0 radical (unpaired) electrons. The van der Waals surface area contributed by atoms with Gasteiger partial charge in [-0.3, -0.25) is 19.2 Å². The molecular formula is C25H19NO5. The topological polar surface area (TPSA) is 89.5 Å². The number of esters is 1. The molecule has 3 aromatic carbocycles. The van der Waals surface area contributed by atoms with Crippen LogP contribution in [-0.4, -0.2) is 29.5 Å². The number of hydrogen-bond acceptors (Lipinski definition) is 5. The monoisotopic (exact) mass is 413 g/mol. The molecule has 1 atom stereocenters. The number of amides is 1. The summed E-state index contributed by atoms with van der Waals surface area (Å²) in [7, 11) is 0. The van der Waals surface area contributed by atoms with Gasteiger partial charge in [0.05, 0.1) is 6.42 Å². The van der Waals surface area contributed by atoms with E-state index in [9.17, 15) is 19.2 Å². The van der Waals surface area contributed by atoms with E-state index in [0.717, 1.165) is 5.56 Å². The number of nitrogens with one attached hydrogen (secondary N) is 1. The molecule has 1 aliphatic carbocycles. The Morgan fingerprint density at radius 2 is 1.39 bits per heavy atom. The fourth-order valence-electron chi connectivity index (χ4n) is 3.48. The van der Waals surface area contributed by atoms with Crippen molar-refractivity contribution in [2.24, 2.45) is 0 Å². The highest BCUT2D eigenvalue weighted by Gasteiger charge is 2.29. The zero-order chi connectivity index (χ0) is 22.0. The van der Waals surface area contributed by atoms with E-state index in [2.05, 4.69) is 5.32 Å². The molecule has 0 aliphatic heterocycles. The highest BCUT2D eigenvalue weighted by atomic mass is 16.5. The summed E-state index contributed by atoms with van der Waals surface area (Å²) in [6, 6.07) is 20.3. The maximum Gasteiger partial charge on any atom is 0.311 e. The van der Waals surface area contributed by atoms with Gasteiger partial charge in [-0.15, -0.1) is 0 Å². The molecule has 0 saturated carbocycles. The first-order valence-corrected chi connectivity index (χ1v) is 9.81. The van der Waals surface area contributed by atoms with E-state index in [-0.39, 0.29) is 23.6 Å². The molecule has 3 aromatic rings. The summed E-state index contributed by atoms with van der Waals surface area (Å²) in [5, 5.41) is 2.64. The minimum atomic E-state index is -1.02. The van der Waals surface area contributed by atoms with E-state index in [1.165, 1.54) is 19.1 Å². The van der Waals surface area contributed by atoms with Crippen LogP contribution in [0.25, 0.3) is 0 Å². The second kappa shape index (κ2) is 8.36. The van der Waals surface area contributed by atoms with Crippen LogP contribution in [0.1, 0.15) is 44.3 Å². The summed E-state index contributed by atoms with van der Waals surface area (Å²) in [6.07, 6.45) is -0.960. The molecule has 1 amide bonds. The van der Waals surface area contributed by atoms with Gasteiger partial charge in [0.2, 0.25) is 0 Å². The molecule has 0 heterocycles. The molecule has 1 aliphatic rings. The van der Waals surface area contributed by atoms with Crippen LogP contribution in [0.5, 0.6) is 0 Å². The largest absolute Gasteiger partial charge is 0.452 e. The lowest BCUT2D eigenvalue weighted by molar-refractivity contribution is -0.152. The number of benzene rings is 3. The first-order chi connectivity index (χ1) is 14.9. The van der Waals surface area contributed by atoms with Gasteiger partial charge in [-0.05, 0) is 30.7 Å². The molecule has 0 aromatic heterocycles. The fraction of sp³-hybridized carbons (Fsp3) is 0.120. The minimum absolute atomic E-state index is 0.0628. The van der Waals surface area contributed by atoms with Crippen LogP contribution in [0.4, 0.5) is 5.69 Å². The first-order valence-electron chi connectivity index (χ1n) is 9.81. The molecule has 4 rings (SSSR count). The number of carbonyl (C=O) groups is 4. The van der Waals surface area contributed by atoms with E-state index in [4.69, 9.17) is 4.74 Å². The van der Waals surface area contributed by atoms with Crippen LogP contribution in [0, 0.1) is 0 Å². The van der Waals surface area contributed by atoms with Crippen LogP contribution in [0.3, 0.4) is 0 Å². The number of ether oxygens (including phenoxy) is 1. The molecule has 0 unspecified atom stereocenters. The van der Waals surface area contributed by atoms with Crippen LogP contribution in [0.15, 0.2) is 72.8 Å². The maximum atomic E-state index is 12.8. The molecule has 6 nitrogen and oxygen atoms in total. The number of fused-ring (bicyclic) bond motifs is 2. The quantitative estimate of drug-likeness (QED) is 0.505. The van der Waals surface area contributed by atoms with Crippen LogP contribution < -0.4 is 5.32 Å². The third kappa shape index (κ3) is 4.14. The second-order valence-corrected chi connectivity index (χ2v) is 7.25. The molecule has 1 N–H and O–H groups in total. The molecule has 0 spiro atoms. The van der Waals surface area contributed by atoms with Crippen LogP contribution in [-0.2, 0) is 20.7 Å². The number of anilines is 1. The van der Waals surface area contributed by atoms with Crippen molar-refractivity contribution in [1.82, 2.24) is 0 Å². The van der Waals surface area contributed by atoms with E-state index in [1.807, 2.05) is 18.2 Å². The summed E-state index contributed by atoms with van der Waals surface area (Å²) in [6.45, 7) is 1.47. The van der Waals surface area contributed by atoms with Gasteiger partial charge < -0.3 is 10.1 Å². The Morgan fingerprint density at radius 1 is 0.806 bits per heavy atom. The zero-order valence-corrected chi connectivity index (χ0v) is 16.8. The van der Waals surface area contributed by atoms with E-state index < -0.39 is 18.0 Å². The third-order valence-corrected chi connectivity index (χ3v) is 5.06. The van der Waals surface area contributed by atoms with Gasteiger partial charge >= 0.3 is 5.97 Å². The average Bonchev–Trinajstić information content (AvgIpc) is 2.78. The fourth-order valence-corrected chi connectivity index (χ4v) is 3.48. The Bertz CT molecular complexity index is 1200. The van der Waals surface area contributed by atoms with Crippen molar-refractivity contribution in [3.63, 3.8) is 0 Å². The van der Waals surface area contributed by atoms with Crippen molar-refractivity contribution in [2.75, 3.05) is 5.32 Å². The standard InChI is InChI=1S/C25H19NO5/c1-15(31-22(27)13-16-7-3-2-4-8-16)25(30)26-17-11-12-20-21(14-17)24(29)19-10-6-5-9-18(19)23(20)28/h2-12,14-15H,13H2,1H3,(H,26,30)/t15-/m0/s1. The molecule has 6 heteroatoms. The molecule has 0 fully saturated rings. The number of rotatable bonds is 5. The molecule has 31 heavy (non-hydrogen) atoms. The maximum absolute atomic E-state index is 12.8. The first kappa shape index (κ1) is 20.2. The summed E-state index contributed by atoms with van der Waals surface area (Å²) < 4.78 is 5.21. The Morgan fingerprint density at radius 3 is 2.06 bits per heavy atom. The highest BCUT2D eigenvalue weighted by molar-refractivity contribution is 6.28. The highest BCUT2D eigenvalue weighted by Crippen LogP contribution is 2.29. The van der Waals surface area contributed by atoms with Gasteiger partial charge in [-0.1, -0.05) is 54.6 Å². The molecule has 0 saturated heterocycles. The average molecular weight is 413 g/mol. The minimum Gasteiger partial charge on any atom is -0.452 e. The van der Waals surface area contributed by atoms with E-state index in [1.54, 1.807) is 42.5 Å². The van der Waals surface area contributed by atoms with E-state index in [0.29, 0.717) is 22.4 Å². The summed E-state index contributed by atoms with van der Waals surface area (Å²) >= 11 is 0. The number of hydrogen-bond donors (Lipinski definition) is 1. The van der Waals surface area contributed by atoms with Crippen LogP contribution in [0.2, 0.25) is 0 Å². The lowest BCUT2D eigenvalue weighted by Gasteiger charge is -2.19. The van der Waals surface area contributed by atoms with Gasteiger partial charge in [0.1, 0.15) is 0 Å². The van der Waals surface area contributed by atoms with Crippen molar-refractivity contribution in [1.29, 1.82) is 0 Å². The lowest BCUT2D eigenvalue weighted by Crippen LogP contribution is -2.30. The molecule has 0 bridgehead atoms. The van der Waals surface area contributed by atoms with Crippen LogP contribution >= 0.6 is 0 Å². The number of carbonyl (C=O) groups excluding carboxylic acids is 4. The van der Waals surface area contributed by atoms with Gasteiger partial charge in [0.15, 0.2) is 17.7 Å². The van der Waals surface area contributed by atoms with Crippen molar-refractivity contribution in [3.05, 3.63) is 101 Å². The summed E-state index contributed by atoms with van der Waals surface area (Å²) in [5.41, 5.74) is 2.37. The Labute approximate surface area is 178 Å². The van der Waals surface area contributed by atoms with Gasteiger partial charge in [0.25, 0.3) is 5.91 Å². The second-order valence-electron chi connectivity index (χ2n) is 7.25. The third-order valence-electron chi connectivity index (χ3n) is 5.06. The van der Waals surface area contributed by atoms with Gasteiger partial charge in [-0.25, -0.2) is 0 Å². The smallest absolute Gasteiger partial charge is 0.311 e. The van der Waals surface area contributed by atoms with Crippen molar-refractivity contribution >= 4 is 29.1 Å². The van der Waals surface area contributed by atoms with E-state index >= 15 is 0 Å². The van der Waals surface area contributed by atoms with Gasteiger partial charge in [0, 0.05) is 27.9 Å². The Kier molecular flexibility index (Phi) is 5.45. The predicted molar refractivity (Wildman–Crippen MR) is 114 cm³/mol. The predicted octanol–water partition coefficient (Wildman–Crippen LogP) is 3.57. The zero-order valence-electron chi connectivity index (χ0n) is 16.8. The normalized spacial score (nSPS) is 13.1.